The number of rotatable bonds is 3. The van der Waals surface area contributed by atoms with Crippen molar-refractivity contribution in [3.8, 4) is 5.69 Å². The first-order valence-electron chi connectivity index (χ1n) is 9.81. The molecule has 2 aromatic carbocycles. The molecule has 0 atom stereocenters. The number of nitrogens with zero attached hydrogens (tertiary/aromatic N) is 2. The number of nitrogens with one attached hydrogen (secondary N) is 1. The molecule has 1 aliphatic rings. The van der Waals surface area contributed by atoms with Gasteiger partial charge < -0.3 is 4.57 Å². The van der Waals surface area contributed by atoms with Crippen LogP contribution in [0.15, 0.2) is 58.6 Å². The molecule has 3 aromatic rings. The minimum Gasteiger partial charge on any atom is -0.317 e. The van der Waals surface area contributed by atoms with E-state index in [1.807, 2.05) is 44.2 Å². The third-order valence-electron chi connectivity index (χ3n) is 5.45. The van der Waals surface area contributed by atoms with Gasteiger partial charge in [-0.15, -0.1) is 0 Å². The second kappa shape index (κ2) is 8.65. The van der Waals surface area contributed by atoms with Gasteiger partial charge in [-0.2, -0.15) is 0 Å². The topological polar surface area (TPSA) is 54.3 Å². The molecule has 0 saturated carbocycles. The predicted molar refractivity (Wildman–Crippen MR) is 135 cm³/mol. The highest BCUT2D eigenvalue weighted by atomic mass is 79.9. The number of aromatic nitrogens is 1. The summed E-state index contributed by atoms with van der Waals surface area (Å²) in [6.45, 7) is 5.74. The maximum atomic E-state index is 13.4. The molecule has 0 radical (unpaired) electrons. The van der Waals surface area contributed by atoms with Crippen molar-refractivity contribution in [3.63, 3.8) is 0 Å². The van der Waals surface area contributed by atoms with Crippen LogP contribution in [0.2, 0.25) is 5.02 Å². The number of benzene rings is 2. The Labute approximate surface area is 204 Å². The second-order valence-corrected chi connectivity index (χ2v) is 9.10. The largest absolute Gasteiger partial charge is 0.317 e. The summed E-state index contributed by atoms with van der Waals surface area (Å²) in [7, 11) is 0. The number of thiocarbonyl (C=S) groups is 1. The van der Waals surface area contributed by atoms with E-state index in [-0.39, 0.29) is 10.7 Å². The van der Waals surface area contributed by atoms with E-state index in [0.29, 0.717) is 16.3 Å². The number of amides is 2. The minimum atomic E-state index is -0.526. The highest BCUT2D eigenvalue weighted by molar-refractivity contribution is 9.10. The molecular weight excluding hydrogens is 510 g/mol. The van der Waals surface area contributed by atoms with Crippen LogP contribution in [-0.2, 0) is 9.59 Å². The lowest BCUT2D eigenvalue weighted by atomic mass is 10.1. The molecule has 1 aliphatic heterocycles. The zero-order chi connectivity index (χ0) is 23.2. The summed E-state index contributed by atoms with van der Waals surface area (Å²) in [5, 5.41) is 3.17. The first kappa shape index (κ1) is 22.5. The third-order valence-corrected chi connectivity index (χ3v) is 6.81. The van der Waals surface area contributed by atoms with Crippen LogP contribution in [0.4, 0.5) is 5.69 Å². The molecule has 0 spiro atoms. The molecule has 0 unspecified atom stereocenters. The Morgan fingerprint density at radius 3 is 2.44 bits per heavy atom. The number of carbonyl (C=O) groups excluding carboxylic acids is 2. The van der Waals surface area contributed by atoms with Crippen LogP contribution in [0.1, 0.15) is 22.5 Å². The fourth-order valence-corrected chi connectivity index (χ4v) is 4.71. The van der Waals surface area contributed by atoms with Crippen LogP contribution in [0.5, 0.6) is 0 Å². The van der Waals surface area contributed by atoms with E-state index in [0.717, 1.165) is 27.1 Å². The monoisotopic (exact) mass is 527 g/mol. The molecule has 1 N–H and O–H groups in total. The Hall–Kier alpha value is -2.74. The van der Waals surface area contributed by atoms with Crippen LogP contribution in [0, 0.1) is 20.8 Å². The molecule has 1 aromatic heterocycles. The number of hydrogen-bond donors (Lipinski definition) is 1. The zero-order valence-corrected chi connectivity index (χ0v) is 20.7. The van der Waals surface area contributed by atoms with Gasteiger partial charge in [-0.3, -0.25) is 19.8 Å². The van der Waals surface area contributed by atoms with E-state index in [1.54, 1.807) is 31.2 Å². The maximum absolute atomic E-state index is 13.4. The van der Waals surface area contributed by atoms with Crippen LogP contribution in [-0.4, -0.2) is 21.5 Å². The molecule has 0 aliphatic carbocycles. The molecule has 2 amide bonds. The van der Waals surface area contributed by atoms with Gasteiger partial charge in [-0.25, -0.2) is 0 Å². The van der Waals surface area contributed by atoms with Gasteiger partial charge in [0, 0.05) is 20.9 Å². The highest BCUT2D eigenvalue weighted by Gasteiger charge is 2.35. The van der Waals surface area contributed by atoms with Crippen molar-refractivity contribution in [1.29, 1.82) is 0 Å². The first-order valence-corrected chi connectivity index (χ1v) is 11.4. The standard InChI is InChI=1S/C24H19BrClN3O2S/c1-13-11-16(15(3)28(13)21-9-5-4-7-18(21)25)12-17-22(30)27-24(32)29(23(17)31)20-10-6-8-19(26)14(20)2/h4-12H,1-3H3,(H,27,30,32)/b17-12+. The van der Waals surface area contributed by atoms with Crippen LogP contribution in [0.25, 0.3) is 11.8 Å². The van der Waals surface area contributed by atoms with Crippen LogP contribution >= 0.6 is 39.7 Å². The lowest BCUT2D eigenvalue weighted by molar-refractivity contribution is -0.122. The van der Waals surface area contributed by atoms with Crippen molar-refractivity contribution in [3.05, 3.63) is 86.1 Å². The van der Waals surface area contributed by atoms with E-state index < -0.39 is 11.8 Å². The molecule has 4 rings (SSSR count). The lowest BCUT2D eigenvalue weighted by Crippen LogP contribution is -2.54. The van der Waals surface area contributed by atoms with Gasteiger partial charge in [0.05, 0.1) is 11.4 Å². The summed E-state index contributed by atoms with van der Waals surface area (Å²) < 4.78 is 3.02. The molecule has 0 bridgehead atoms. The zero-order valence-electron chi connectivity index (χ0n) is 17.6. The Morgan fingerprint density at radius 2 is 1.72 bits per heavy atom. The van der Waals surface area contributed by atoms with Gasteiger partial charge in [-0.1, -0.05) is 29.8 Å². The normalized spacial score (nSPS) is 15.5. The van der Waals surface area contributed by atoms with Gasteiger partial charge in [0.15, 0.2) is 5.11 Å². The summed E-state index contributed by atoms with van der Waals surface area (Å²) in [6.07, 6.45) is 1.61. The van der Waals surface area contributed by atoms with E-state index >= 15 is 0 Å². The van der Waals surface area contributed by atoms with Crippen LogP contribution < -0.4 is 10.2 Å². The third kappa shape index (κ3) is 3.81. The van der Waals surface area contributed by atoms with Gasteiger partial charge in [0.2, 0.25) is 0 Å². The summed E-state index contributed by atoms with van der Waals surface area (Å²) in [6, 6.07) is 15.1. The summed E-state index contributed by atoms with van der Waals surface area (Å²) in [4.78, 5) is 27.4. The van der Waals surface area contributed by atoms with Crippen molar-refractivity contribution >= 4 is 68.4 Å². The molecule has 1 saturated heterocycles. The molecule has 5 nitrogen and oxygen atoms in total. The van der Waals surface area contributed by atoms with E-state index in [1.165, 1.54) is 4.90 Å². The Balaban J connectivity index is 1.81. The van der Waals surface area contributed by atoms with Gasteiger partial charge in [0.25, 0.3) is 11.8 Å². The van der Waals surface area contributed by atoms with Crippen molar-refractivity contribution in [1.82, 2.24) is 9.88 Å². The average Bonchev–Trinajstić information content (AvgIpc) is 3.01. The van der Waals surface area contributed by atoms with E-state index in [4.69, 9.17) is 23.8 Å². The van der Waals surface area contributed by atoms with Gasteiger partial charge >= 0.3 is 0 Å². The van der Waals surface area contributed by atoms with Crippen molar-refractivity contribution in [2.24, 2.45) is 0 Å². The maximum Gasteiger partial charge on any atom is 0.270 e. The molecular formula is C24H19BrClN3O2S. The van der Waals surface area contributed by atoms with E-state index in [9.17, 15) is 9.59 Å². The number of para-hydroxylation sites is 1. The average molecular weight is 529 g/mol. The molecule has 162 valence electrons. The fourth-order valence-electron chi connectivity index (χ4n) is 3.81. The van der Waals surface area contributed by atoms with Crippen molar-refractivity contribution in [2.45, 2.75) is 20.8 Å². The summed E-state index contributed by atoms with van der Waals surface area (Å²) in [5.74, 6) is -1.02. The Bertz CT molecular complexity index is 1330. The predicted octanol–water partition coefficient (Wildman–Crippen LogP) is 5.65. The summed E-state index contributed by atoms with van der Waals surface area (Å²) >= 11 is 15.1. The number of aryl methyl sites for hydroxylation is 1. The van der Waals surface area contributed by atoms with Crippen molar-refractivity contribution < 1.29 is 9.59 Å². The molecule has 32 heavy (non-hydrogen) atoms. The Kier molecular flexibility index (Phi) is 6.07. The van der Waals surface area contributed by atoms with Crippen LogP contribution in [0.3, 0.4) is 0 Å². The minimum absolute atomic E-state index is 0.00496. The Morgan fingerprint density at radius 1 is 1.03 bits per heavy atom. The van der Waals surface area contributed by atoms with E-state index in [2.05, 4.69) is 25.8 Å². The molecule has 1 fully saturated rings. The first-order chi connectivity index (χ1) is 15.2. The number of halogens is 2. The number of hydrogen-bond acceptors (Lipinski definition) is 3. The molecule has 2 heterocycles. The smallest absolute Gasteiger partial charge is 0.270 e. The SMILES string of the molecule is Cc1c(Cl)cccc1N1C(=O)/C(=C/c2cc(C)n(-c3ccccc3Br)c2C)C(=O)NC1=S. The number of carbonyl (C=O) groups is 2. The van der Waals surface area contributed by atoms with Gasteiger partial charge in [0.1, 0.15) is 5.57 Å². The quantitative estimate of drug-likeness (QED) is 0.272. The summed E-state index contributed by atoms with van der Waals surface area (Å²) in [5.41, 5.74) is 4.87. The van der Waals surface area contributed by atoms with Gasteiger partial charge in [-0.05, 0) is 96.5 Å². The lowest BCUT2D eigenvalue weighted by Gasteiger charge is -2.30. The second-order valence-electron chi connectivity index (χ2n) is 7.46. The molecule has 8 heteroatoms. The number of anilines is 1. The highest BCUT2D eigenvalue weighted by Crippen LogP contribution is 2.31. The fraction of sp³-hybridized carbons (Fsp3) is 0.125. The van der Waals surface area contributed by atoms with Crippen molar-refractivity contribution in [2.75, 3.05) is 4.90 Å².